The predicted octanol–water partition coefficient (Wildman–Crippen LogP) is 2.14. The molecular weight excluding hydrogens is 285 g/mol. The Morgan fingerprint density at radius 3 is 2.95 bits per heavy atom. The van der Waals surface area contributed by atoms with Gasteiger partial charge >= 0.3 is 0 Å². The van der Waals surface area contributed by atoms with Crippen molar-refractivity contribution in [2.24, 2.45) is 5.92 Å². The van der Waals surface area contributed by atoms with Gasteiger partial charge in [-0.05, 0) is 31.9 Å². The lowest BCUT2D eigenvalue weighted by Gasteiger charge is -2.40. The molecular formula is C17H22FNO3. The highest BCUT2D eigenvalue weighted by molar-refractivity contribution is 5.95. The second-order valence-corrected chi connectivity index (χ2v) is 6.29. The third kappa shape index (κ3) is 2.88. The van der Waals surface area contributed by atoms with Crippen molar-refractivity contribution >= 4 is 5.91 Å². The van der Waals surface area contributed by atoms with Gasteiger partial charge in [0, 0.05) is 12.5 Å². The Bertz CT molecular complexity index is 563. The highest BCUT2D eigenvalue weighted by atomic mass is 19.1. The minimum Gasteiger partial charge on any atom is -0.393 e. The molecule has 1 saturated heterocycles. The van der Waals surface area contributed by atoms with E-state index in [4.69, 9.17) is 4.74 Å². The van der Waals surface area contributed by atoms with E-state index in [2.05, 4.69) is 0 Å². The van der Waals surface area contributed by atoms with Crippen molar-refractivity contribution in [1.82, 2.24) is 4.90 Å². The van der Waals surface area contributed by atoms with Gasteiger partial charge in [-0.25, -0.2) is 4.39 Å². The third-order valence-electron chi connectivity index (χ3n) is 4.80. The number of aliphatic hydroxyl groups is 1. The van der Waals surface area contributed by atoms with Crippen LogP contribution < -0.4 is 0 Å². The van der Waals surface area contributed by atoms with E-state index in [0.29, 0.717) is 19.8 Å². The molecule has 4 nitrogen and oxygen atoms in total. The lowest BCUT2D eigenvalue weighted by molar-refractivity contribution is -0.0385. The molecule has 1 aromatic carbocycles. The largest absolute Gasteiger partial charge is 0.393 e. The molecule has 0 spiro atoms. The monoisotopic (exact) mass is 307 g/mol. The summed E-state index contributed by atoms with van der Waals surface area (Å²) in [5.74, 6) is -0.765. The molecule has 1 heterocycles. The summed E-state index contributed by atoms with van der Waals surface area (Å²) < 4.78 is 19.5. The van der Waals surface area contributed by atoms with Crippen LogP contribution in [0.3, 0.4) is 0 Å². The van der Waals surface area contributed by atoms with E-state index >= 15 is 0 Å². The van der Waals surface area contributed by atoms with Gasteiger partial charge in [0.25, 0.3) is 5.91 Å². The molecule has 3 rings (SSSR count). The normalized spacial score (nSPS) is 28.9. The van der Waals surface area contributed by atoms with Crippen molar-refractivity contribution in [1.29, 1.82) is 0 Å². The Kier molecular flexibility index (Phi) is 4.45. The van der Waals surface area contributed by atoms with E-state index in [9.17, 15) is 14.3 Å². The van der Waals surface area contributed by atoms with Crippen LogP contribution in [0.25, 0.3) is 0 Å². The zero-order valence-corrected chi connectivity index (χ0v) is 12.8. The van der Waals surface area contributed by atoms with Gasteiger partial charge in [-0.2, -0.15) is 0 Å². The zero-order chi connectivity index (χ0) is 15.7. The minimum absolute atomic E-state index is 0.0251. The van der Waals surface area contributed by atoms with Gasteiger partial charge in [0.2, 0.25) is 0 Å². The fourth-order valence-electron chi connectivity index (χ4n) is 3.61. The van der Waals surface area contributed by atoms with Crippen LogP contribution in [0.2, 0.25) is 0 Å². The minimum atomic E-state index is -0.493. The standard InChI is InChI=1S/C17H22FNO3/c1-11-5-6-14(18)13(9-11)17(21)19-7-8-22-10-15(19)12-3-2-4-16(12)20/h5-6,9,12,15-16,20H,2-4,7-8,10H2,1H3. The van der Waals surface area contributed by atoms with Crippen molar-refractivity contribution in [3.05, 3.63) is 35.1 Å². The third-order valence-corrected chi connectivity index (χ3v) is 4.80. The molecule has 1 aliphatic heterocycles. The van der Waals surface area contributed by atoms with Gasteiger partial charge in [0.05, 0.1) is 30.9 Å². The van der Waals surface area contributed by atoms with E-state index in [1.165, 1.54) is 6.07 Å². The summed E-state index contributed by atoms with van der Waals surface area (Å²) in [6.45, 7) is 3.16. The van der Waals surface area contributed by atoms with Crippen LogP contribution in [0.15, 0.2) is 18.2 Å². The van der Waals surface area contributed by atoms with E-state index in [1.54, 1.807) is 17.0 Å². The summed E-state index contributed by atoms with van der Waals surface area (Å²) in [4.78, 5) is 14.5. The van der Waals surface area contributed by atoms with Crippen LogP contribution in [-0.4, -0.2) is 47.8 Å². The Morgan fingerprint density at radius 1 is 1.41 bits per heavy atom. The van der Waals surface area contributed by atoms with E-state index in [1.807, 2.05) is 6.92 Å². The maximum Gasteiger partial charge on any atom is 0.257 e. The molecule has 0 aromatic heterocycles. The number of benzene rings is 1. The van der Waals surface area contributed by atoms with Gasteiger partial charge in [-0.15, -0.1) is 0 Å². The van der Waals surface area contributed by atoms with Crippen molar-refractivity contribution in [3.63, 3.8) is 0 Å². The molecule has 3 unspecified atom stereocenters. The van der Waals surface area contributed by atoms with Crippen LogP contribution in [0.5, 0.6) is 0 Å². The van der Waals surface area contributed by atoms with Gasteiger partial charge in [0.15, 0.2) is 0 Å². The van der Waals surface area contributed by atoms with Crippen molar-refractivity contribution in [2.75, 3.05) is 19.8 Å². The first-order valence-corrected chi connectivity index (χ1v) is 7.91. The number of halogens is 1. The molecule has 22 heavy (non-hydrogen) atoms. The van der Waals surface area contributed by atoms with Crippen LogP contribution in [0.1, 0.15) is 35.2 Å². The van der Waals surface area contributed by atoms with Crippen LogP contribution in [0, 0.1) is 18.7 Å². The summed E-state index contributed by atoms with van der Waals surface area (Å²) in [6.07, 6.45) is 2.21. The average Bonchev–Trinajstić information content (AvgIpc) is 2.95. The summed E-state index contributed by atoms with van der Waals surface area (Å²) in [6, 6.07) is 4.42. The number of aryl methyl sites for hydroxylation is 1. The molecule has 1 saturated carbocycles. The number of hydrogen-bond acceptors (Lipinski definition) is 3. The van der Waals surface area contributed by atoms with Crippen molar-refractivity contribution in [2.45, 2.75) is 38.3 Å². The first-order valence-electron chi connectivity index (χ1n) is 7.91. The molecule has 2 fully saturated rings. The molecule has 0 radical (unpaired) electrons. The number of rotatable bonds is 2. The summed E-state index contributed by atoms with van der Waals surface area (Å²) in [7, 11) is 0. The zero-order valence-electron chi connectivity index (χ0n) is 12.8. The van der Waals surface area contributed by atoms with E-state index < -0.39 is 11.9 Å². The summed E-state index contributed by atoms with van der Waals surface area (Å²) in [5.41, 5.74) is 0.967. The summed E-state index contributed by atoms with van der Waals surface area (Å²) >= 11 is 0. The lowest BCUT2D eigenvalue weighted by Crippen LogP contribution is -2.53. The molecule has 120 valence electrons. The second-order valence-electron chi connectivity index (χ2n) is 6.29. The fraction of sp³-hybridized carbons (Fsp3) is 0.588. The maximum atomic E-state index is 14.0. The number of carbonyl (C=O) groups is 1. The Balaban J connectivity index is 1.86. The highest BCUT2D eigenvalue weighted by Gasteiger charge is 2.40. The molecule has 1 N–H and O–H groups in total. The van der Waals surface area contributed by atoms with Gasteiger partial charge < -0.3 is 14.7 Å². The van der Waals surface area contributed by atoms with Gasteiger partial charge in [0.1, 0.15) is 5.82 Å². The number of morpholine rings is 1. The number of aliphatic hydroxyl groups excluding tert-OH is 1. The fourth-order valence-corrected chi connectivity index (χ4v) is 3.61. The highest BCUT2D eigenvalue weighted by Crippen LogP contribution is 2.33. The van der Waals surface area contributed by atoms with Crippen LogP contribution in [-0.2, 0) is 4.74 Å². The maximum absolute atomic E-state index is 14.0. The molecule has 1 amide bonds. The van der Waals surface area contributed by atoms with Crippen LogP contribution >= 0.6 is 0 Å². The number of ether oxygens (including phenoxy) is 1. The Labute approximate surface area is 129 Å². The van der Waals surface area contributed by atoms with Crippen LogP contribution in [0.4, 0.5) is 4.39 Å². The van der Waals surface area contributed by atoms with Crippen molar-refractivity contribution < 1.29 is 19.0 Å². The molecule has 2 aliphatic rings. The number of hydrogen-bond donors (Lipinski definition) is 1. The Hall–Kier alpha value is -1.46. The Morgan fingerprint density at radius 2 is 2.23 bits per heavy atom. The number of nitrogens with zero attached hydrogens (tertiary/aromatic N) is 1. The van der Waals surface area contributed by atoms with Gasteiger partial charge in [-0.3, -0.25) is 4.79 Å². The SMILES string of the molecule is Cc1ccc(F)c(C(=O)N2CCOCC2C2CCCC2O)c1. The number of amides is 1. The molecule has 3 atom stereocenters. The quantitative estimate of drug-likeness (QED) is 0.910. The van der Waals surface area contributed by atoms with Gasteiger partial charge in [-0.1, -0.05) is 18.1 Å². The summed E-state index contributed by atoms with van der Waals surface area (Å²) in [5, 5.41) is 10.1. The van der Waals surface area contributed by atoms with E-state index in [0.717, 1.165) is 24.8 Å². The second kappa shape index (κ2) is 6.34. The number of carbonyl (C=O) groups excluding carboxylic acids is 1. The molecule has 5 heteroatoms. The average molecular weight is 307 g/mol. The first kappa shape index (κ1) is 15.4. The molecule has 0 bridgehead atoms. The lowest BCUT2D eigenvalue weighted by atomic mass is 9.93. The smallest absolute Gasteiger partial charge is 0.257 e. The molecule has 1 aromatic rings. The molecule has 1 aliphatic carbocycles. The van der Waals surface area contributed by atoms with E-state index in [-0.39, 0.29) is 23.4 Å². The van der Waals surface area contributed by atoms with Crippen molar-refractivity contribution in [3.8, 4) is 0 Å². The first-order chi connectivity index (χ1) is 10.6. The predicted molar refractivity (Wildman–Crippen MR) is 80.1 cm³/mol. The topological polar surface area (TPSA) is 49.8 Å².